The summed E-state index contributed by atoms with van der Waals surface area (Å²) in [6, 6.07) is 6.59. The lowest BCUT2D eigenvalue weighted by Crippen LogP contribution is -2.47. The lowest BCUT2D eigenvalue weighted by Gasteiger charge is -2.39. The van der Waals surface area contributed by atoms with E-state index >= 15 is 0 Å². The second kappa shape index (κ2) is 7.21. The van der Waals surface area contributed by atoms with Gasteiger partial charge in [0.2, 0.25) is 11.8 Å². The van der Waals surface area contributed by atoms with Crippen LogP contribution in [0.5, 0.6) is 0 Å². The Balaban J connectivity index is 1.75. The molecule has 5 heteroatoms. The van der Waals surface area contributed by atoms with Crippen molar-refractivity contribution >= 4 is 28.3 Å². The summed E-state index contributed by atoms with van der Waals surface area (Å²) in [6.45, 7) is 6.53. The highest BCUT2D eigenvalue weighted by Gasteiger charge is 2.36. The van der Waals surface area contributed by atoms with Crippen molar-refractivity contribution in [1.82, 2.24) is 14.8 Å². The normalized spacial score (nSPS) is 22.5. The fourth-order valence-electron chi connectivity index (χ4n) is 4.84. The van der Waals surface area contributed by atoms with Crippen LogP contribution in [0.2, 0.25) is 0 Å². The maximum atomic E-state index is 12.9. The maximum Gasteiger partial charge on any atom is 0.228 e. The van der Waals surface area contributed by atoms with Gasteiger partial charge in [0.25, 0.3) is 0 Å². The Morgan fingerprint density at radius 2 is 2.11 bits per heavy atom. The van der Waals surface area contributed by atoms with Gasteiger partial charge in [-0.05, 0) is 49.6 Å². The lowest BCUT2D eigenvalue weighted by molar-refractivity contribution is -0.124. The van der Waals surface area contributed by atoms with Crippen molar-refractivity contribution in [2.24, 2.45) is 5.92 Å². The molecule has 4 rings (SSSR count). The second-order valence-electron chi connectivity index (χ2n) is 8.33. The third-order valence-electron chi connectivity index (χ3n) is 6.18. The van der Waals surface area contributed by atoms with Crippen LogP contribution in [-0.2, 0) is 11.2 Å². The Morgan fingerprint density at radius 3 is 2.82 bits per heavy atom. The topological polar surface area (TPSA) is 54.3 Å². The number of nitrogens with zero attached hydrogens (tertiary/aromatic N) is 2. The number of hydrogen-bond acceptors (Lipinski definition) is 3. The second-order valence-corrected chi connectivity index (χ2v) is 8.33. The number of likely N-dealkylation sites (N-methyl/N-ethyl adjacent to an activating group) is 1. The Labute approximate surface area is 166 Å². The summed E-state index contributed by atoms with van der Waals surface area (Å²) in [4.78, 5) is 27.2. The highest BCUT2D eigenvalue weighted by atomic mass is 16.2. The summed E-state index contributed by atoms with van der Waals surface area (Å²) in [7, 11) is 2.10. The lowest BCUT2D eigenvalue weighted by atomic mass is 9.80. The molecule has 0 saturated carbocycles. The van der Waals surface area contributed by atoms with Gasteiger partial charge in [-0.1, -0.05) is 31.6 Å². The van der Waals surface area contributed by atoms with E-state index < -0.39 is 0 Å². The van der Waals surface area contributed by atoms with E-state index in [9.17, 15) is 9.59 Å². The molecular weight excluding hydrogens is 350 g/mol. The SMILES string of the molecule is CCC[C@@H](C)NC(=O)[C@@H]1C=C2c3cccc4c3c(cn4C(C)=O)CC2N(C)C1. The Kier molecular flexibility index (Phi) is 4.88. The van der Waals surface area contributed by atoms with E-state index in [1.807, 2.05) is 18.3 Å². The minimum absolute atomic E-state index is 0.0303. The molecule has 1 aromatic carbocycles. The zero-order chi connectivity index (χ0) is 20.0. The van der Waals surface area contributed by atoms with Crippen LogP contribution in [0.1, 0.15) is 49.5 Å². The molecule has 148 valence electrons. The van der Waals surface area contributed by atoms with Gasteiger partial charge < -0.3 is 5.32 Å². The monoisotopic (exact) mass is 379 g/mol. The van der Waals surface area contributed by atoms with E-state index in [2.05, 4.69) is 43.3 Å². The molecule has 2 aliphatic rings. The first-order valence-corrected chi connectivity index (χ1v) is 10.3. The molecule has 1 aromatic heterocycles. The van der Waals surface area contributed by atoms with Crippen LogP contribution in [0.25, 0.3) is 16.5 Å². The molecule has 0 fully saturated rings. The Hall–Kier alpha value is -2.40. The fourth-order valence-corrected chi connectivity index (χ4v) is 4.84. The van der Waals surface area contributed by atoms with Gasteiger partial charge >= 0.3 is 0 Å². The molecule has 2 aromatic rings. The molecule has 28 heavy (non-hydrogen) atoms. The molecule has 0 spiro atoms. The van der Waals surface area contributed by atoms with Crippen molar-refractivity contribution in [1.29, 1.82) is 0 Å². The van der Waals surface area contributed by atoms with Crippen molar-refractivity contribution in [3.05, 3.63) is 41.6 Å². The molecule has 3 atom stereocenters. The summed E-state index contributed by atoms with van der Waals surface area (Å²) < 4.78 is 1.75. The highest BCUT2D eigenvalue weighted by Crippen LogP contribution is 2.41. The highest BCUT2D eigenvalue weighted by molar-refractivity contribution is 6.03. The van der Waals surface area contributed by atoms with Gasteiger partial charge in [0, 0.05) is 37.1 Å². The van der Waals surface area contributed by atoms with Crippen LogP contribution in [-0.4, -0.2) is 47.0 Å². The van der Waals surface area contributed by atoms with E-state index in [4.69, 9.17) is 0 Å². The number of fused-ring (bicyclic) bond motifs is 2. The number of benzene rings is 1. The zero-order valence-corrected chi connectivity index (χ0v) is 17.2. The molecule has 1 aliphatic heterocycles. The number of carbonyl (C=O) groups is 2. The van der Waals surface area contributed by atoms with Crippen LogP contribution in [0, 0.1) is 5.92 Å². The van der Waals surface area contributed by atoms with Crippen LogP contribution in [0.15, 0.2) is 30.5 Å². The molecule has 1 amide bonds. The van der Waals surface area contributed by atoms with Gasteiger partial charge in [-0.25, -0.2) is 0 Å². The van der Waals surface area contributed by atoms with Gasteiger partial charge in [-0.2, -0.15) is 0 Å². The summed E-state index contributed by atoms with van der Waals surface area (Å²) in [5.74, 6) is -0.0111. The zero-order valence-electron chi connectivity index (χ0n) is 17.2. The van der Waals surface area contributed by atoms with Crippen molar-refractivity contribution in [3.8, 4) is 0 Å². The molecule has 2 heterocycles. The van der Waals surface area contributed by atoms with Crippen molar-refractivity contribution in [3.63, 3.8) is 0 Å². The molecule has 5 nitrogen and oxygen atoms in total. The predicted octanol–water partition coefficient (Wildman–Crippen LogP) is 3.48. The van der Waals surface area contributed by atoms with Gasteiger partial charge in [-0.15, -0.1) is 0 Å². The number of hydrogen-bond donors (Lipinski definition) is 1. The van der Waals surface area contributed by atoms with Gasteiger partial charge in [-0.3, -0.25) is 19.1 Å². The predicted molar refractivity (Wildman–Crippen MR) is 112 cm³/mol. The smallest absolute Gasteiger partial charge is 0.228 e. The minimum Gasteiger partial charge on any atom is -0.353 e. The largest absolute Gasteiger partial charge is 0.353 e. The standard InChI is InChI=1S/C23H29N3O2/c1-5-7-14(2)24-23(28)17-10-19-18-8-6-9-20-22(18)16(13-26(20)15(3)27)11-21(19)25(4)12-17/h6,8-10,13-14,17,21H,5,7,11-12H2,1-4H3,(H,24,28)/t14-,17-,21?/m1/s1. The Bertz CT molecular complexity index is 972. The number of carbonyl (C=O) groups excluding carboxylic acids is 2. The third kappa shape index (κ3) is 3.08. The summed E-state index contributed by atoms with van der Waals surface area (Å²) in [5.41, 5.74) is 4.56. The molecule has 0 saturated heterocycles. The maximum absolute atomic E-state index is 12.9. The Morgan fingerprint density at radius 1 is 1.32 bits per heavy atom. The van der Waals surface area contributed by atoms with E-state index in [0.29, 0.717) is 0 Å². The van der Waals surface area contributed by atoms with Crippen LogP contribution >= 0.6 is 0 Å². The number of amides is 1. The van der Waals surface area contributed by atoms with E-state index in [0.717, 1.165) is 42.3 Å². The summed E-state index contributed by atoms with van der Waals surface area (Å²) in [5, 5.41) is 4.33. The first-order valence-electron chi connectivity index (χ1n) is 10.3. The van der Waals surface area contributed by atoms with Gasteiger partial charge in [0.05, 0.1) is 11.4 Å². The average Bonchev–Trinajstić information content (AvgIpc) is 3.03. The average molecular weight is 380 g/mol. The van der Waals surface area contributed by atoms with Crippen LogP contribution in [0.4, 0.5) is 0 Å². The van der Waals surface area contributed by atoms with Crippen LogP contribution in [0.3, 0.4) is 0 Å². The van der Waals surface area contributed by atoms with Crippen LogP contribution < -0.4 is 5.32 Å². The third-order valence-corrected chi connectivity index (χ3v) is 6.18. The fraction of sp³-hybridized carbons (Fsp3) is 0.478. The molecule has 1 unspecified atom stereocenters. The van der Waals surface area contributed by atoms with E-state index in [1.54, 1.807) is 11.5 Å². The van der Waals surface area contributed by atoms with Crippen molar-refractivity contribution in [2.45, 2.75) is 52.1 Å². The van der Waals surface area contributed by atoms with Gasteiger partial charge in [0.15, 0.2) is 0 Å². The molecule has 0 bridgehead atoms. The quantitative estimate of drug-likeness (QED) is 0.885. The number of nitrogens with one attached hydrogen (secondary N) is 1. The summed E-state index contributed by atoms with van der Waals surface area (Å²) >= 11 is 0. The van der Waals surface area contributed by atoms with E-state index in [-0.39, 0.29) is 29.8 Å². The first kappa shape index (κ1) is 18.9. The number of aromatic nitrogens is 1. The molecule has 1 N–H and O–H groups in total. The minimum atomic E-state index is -0.151. The molecular formula is C23H29N3O2. The summed E-state index contributed by atoms with van der Waals surface area (Å²) in [6.07, 6.45) is 7.09. The van der Waals surface area contributed by atoms with Crippen molar-refractivity contribution < 1.29 is 9.59 Å². The van der Waals surface area contributed by atoms with Crippen molar-refractivity contribution in [2.75, 3.05) is 13.6 Å². The van der Waals surface area contributed by atoms with Gasteiger partial charge in [0.1, 0.15) is 0 Å². The molecule has 0 radical (unpaired) electrons. The number of rotatable bonds is 4. The first-order chi connectivity index (χ1) is 13.4. The molecule has 1 aliphatic carbocycles. The van der Waals surface area contributed by atoms with E-state index in [1.165, 1.54) is 11.1 Å².